The number of nitrogens with one attached hydrogen (secondary N) is 1. The molecule has 19 heavy (non-hydrogen) atoms. The number of amides is 1. The predicted molar refractivity (Wildman–Crippen MR) is 75.7 cm³/mol. The van der Waals surface area contributed by atoms with Crippen molar-refractivity contribution in [2.24, 2.45) is 17.1 Å². The van der Waals surface area contributed by atoms with Gasteiger partial charge >= 0.3 is 0 Å². The zero-order valence-electron chi connectivity index (χ0n) is 11.3. The van der Waals surface area contributed by atoms with Crippen molar-refractivity contribution >= 4 is 5.91 Å². The summed E-state index contributed by atoms with van der Waals surface area (Å²) in [7, 11) is 0. The minimum Gasteiger partial charge on any atom is -0.355 e. The van der Waals surface area contributed by atoms with E-state index in [4.69, 9.17) is 5.73 Å². The van der Waals surface area contributed by atoms with Crippen LogP contribution in [0.1, 0.15) is 30.4 Å². The molecule has 1 fully saturated rings. The fourth-order valence-corrected chi connectivity index (χ4v) is 3.16. The summed E-state index contributed by atoms with van der Waals surface area (Å²) in [6, 6.07) is 8.39. The Morgan fingerprint density at radius 1 is 1.26 bits per heavy atom. The highest BCUT2D eigenvalue weighted by Gasteiger charge is 2.42. The van der Waals surface area contributed by atoms with Crippen LogP contribution in [-0.4, -0.2) is 19.0 Å². The van der Waals surface area contributed by atoms with Gasteiger partial charge in [0.1, 0.15) is 0 Å². The van der Waals surface area contributed by atoms with Crippen molar-refractivity contribution in [2.75, 3.05) is 13.1 Å². The molecule has 0 aromatic heterocycles. The van der Waals surface area contributed by atoms with E-state index in [-0.39, 0.29) is 11.8 Å². The number of hydrogen-bond acceptors (Lipinski definition) is 2. The summed E-state index contributed by atoms with van der Waals surface area (Å²) in [5, 5.41) is 3.15. The number of nitrogens with two attached hydrogens (primary N) is 1. The van der Waals surface area contributed by atoms with E-state index in [0.717, 1.165) is 32.4 Å². The topological polar surface area (TPSA) is 55.1 Å². The first-order valence-electron chi connectivity index (χ1n) is 7.27. The second-order valence-corrected chi connectivity index (χ2v) is 6.13. The third-order valence-electron chi connectivity index (χ3n) is 4.69. The maximum atomic E-state index is 12.3. The number of rotatable bonds is 5. The maximum Gasteiger partial charge on any atom is 0.223 e. The molecule has 2 aliphatic rings. The zero-order valence-corrected chi connectivity index (χ0v) is 11.3. The average Bonchev–Trinajstić information content (AvgIpc) is 3.04. The van der Waals surface area contributed by atoms with Crippen molar-refractivity contribution < 1.29 is 4.79 Å². The molecule has 3 nitrogen and oxygen atoms in total. The van der Waals surface area contributed by atoms with Gasteiger partial charge in [0, 0.05) is 12.5 Å². The lowest BCUT2D eigenvalue weighted by Gasteiger charge is -2.17. The normalized spacial score (nSPS) is 20.1. The molecule has 102 valence electrons. The Balaban J connectivity index is 1.53. The van der Waals surface area contributed by atoms with Gasteiger partial charge in [-0.25, -0.2) is 0 Å². The fourth-order valence-electron chi connectivity index (χ4n) is 3.16. The van der Waals surface area contributed by atoms with E-state index in [2.05, 4.69) is 29.6 Å². The van der Waals surface area contributed by atoms with Crippen LogP contribution < -0.4 is 11.1 Å². The van der Waals surface area contributed by atoms with E-state index < -0.39 is 0 Å². The number of carbonyl (C=O) groups is 1. The van der Waals surface area contributed by atoms with Gasteiger partial charge in [0.15, 0.2) is 0 Å². The van der Waals surface area contributed by atoms with Gasteiger partial charge in [-0.15, -0.1) is 0 Å². The molecule has 0 unspecified atom stereocenters. The molecule has 3 heteroatoms. The first-order chi connectivity index (χ1) is 9.22. The molecule has 3 N–H and O–H groups in total. The van der Waals surface area contributed by atoms with Gasteiger partial charge in [0.05, 0.1) is 0 Å². The minimum atomic E-state index is 0.131. The van der Waals surface area contributed by atoms with Gasteiger partial charge < -0.3 is 11.1 Å². The van der Waals surface area contributed by atoms with Gasteiger partial charge in [-0.3, -0.25) is 4.79 Å². The first kappa shape index (κ1) is 12.7. The Morgan fingerprint density at radius 2 is 1.89 bits per heavy atom. The Kier molecular flexibility index (Phi) is 3.31. The van der Waals surface area contributed by atoms with E-state index in [1.165, 1.54) is 24.0 Å². The highest BCUT2D eigenvalue weighted by atomic mass is 16.1. The van der Waals surface area contributed by atoms with E-state index >= 15 is 0 Å². The van der Waals surface area contributed by atoms with Gasteiger partial charge in [-0.05, 0) is 55.2 Å². The molecular formula is C16H22N2O. The van der Waals surface area contributed by atoms with E-state index in [0.29, 0.717) is 5.41 Å². The average molecular weight is 258 g/mol. The van der Waals surface area contributed by atoms with Crippen LogP contribution in [-0.2, 0) is 17.6 Å². The van der Waals surface area contributed by atoms with E-state index in [1.54, 1.807) is 0 Å². The van der Waals surface area contributed by atoms with Crippen LogP contribution in [0.3, 0.4) is 0 Å². The molecule has 1 amide bonds. The monoisotopic (exact) mass is 258 g/mol. The lowest BCUT2D eigenvalue weighted by atomic mass is 10.0. The molecule has 0 atom stereocenters. The second kappa shape index (κ2) is 4.97. The highest BCUT2D eigenvalue weighted by molar-refractivity contribution is 5.80. The predicted octanol–water partition coefficient (Wildman–Crippen LogP) is 1.65. The molecule has 0 saturated heterocycles. The molecule has 0 radical (unpaired) electrons. The number of fused-ring (bicyclic) bond motifs is 1. The van der Waals surface area contributed by atoms with Crippen LogP contribution in [0.25, 0.3) is 0 Å². The second-order valence-electron chi connectivity index (χ2n) is 6.13. The lowest BCUT2D eigenvalue weighted by molar-refractivity contribution is -0.125. The Morgan fingerprint density at radius 3 is 2.42 bits per heavy atom. The van der Waals surface area contributed by atoms with Crippen LogP contribution in [0.4, 0.5) is 0 Å². The van der Waals surface area contributed by atoms with Crippen molar-refractivity contribution in [1.82, 2.24) is 5.32 Å². The van der Waals surface area contributed by atoms with Gasteiger partial charge in [0.2, 0.25) is 5.91 Å². The van der Waals surface area contributed by atoms with Crippen LogP contribution in [0.2, 0.25) is 0 Å². The third kappa shape index (κ3) is 2.66. The minimum absolute atomic E-state index is 0.131. The number of hydrogen-bond donors (Lipinski definition) is 2. The summed E-state index contributed by atoms with van der Waals surface area (Å²) in [4.78, 5) is 12.3. The number of carbonyl (C=O) groups excluding carboxylic acids is 1. The smallest absolute Gasteiger partial charge is 0.223 e. The Hall–Kier alpha value is -1.35. The van der Waals surface area contributed by atoms with Crippen molar-refractivity contribution in [3.63, 3.8) is 0 Å². The molecule has 2 aliphatic carbocycles. The van der Waals surface area contributed by atoms with Crippen molar-refractivity contribution in [1.29, 1.82) is 0 Å². The highest BCUT2D eigenvalue weighted by Crippen LogP contribution is 2.47. The standard InChI is InChI=1S/C16H22N2O/c17-8-7-16(5-6-16)11-18-15(19)14-9-12-3-1-2-4-13(12)10-14/h1-4,14H,5-11,17H2,(H,18,19). The molecular weight excluding hydrogens is 236 g/mol. The Labute approximate surface area is 114 Å². The molecule has 1 saturated carbocycles. The summed E-state index contributed by atoms with van der Waals surface area (Å²) in [5.74, 6) is 0.352. The lowest BCUT2D eigenvalue weighted by Crippen LogP contribution is -2.36. The molecule has 1 aromatic carbocycles. The van der Waals surface area contributed by atoms with Gasteiger partial charge in [-0.2, -0.15) is 0 Å². The maximum absolute atomic E-state index is 12.3. The third-order valence-corrected chi connectivity index (χ3v) is 4.69. The SMILES string of the molecule is NCCC1(CNC(=O)C2Cc3ccccc3C2)CC1. The zero-order chi connectivity index (χ0) is 13.3. The first-order valence-corrected chi connectivity index (χ1v) is 7.27. The van der Waals surface area contributed by atoms with Gasteiger partial charge in [-0.1, -0.05) is 24.3 Å². The van der Waals surface area contributed by atoms with E-state index in [9.17, 15) is 4.79 Å². The summed E-state index contributed by atoms with van der Waals surface area (Å²) < 4.78 is 0. The molecule has 3 rings (SSSR count). The summed E-state index contributed by atoms with van der Waals surface area (Å²) in [6.45, 7) is 1.54. The molecule has 0 aliphatic heterocycles. The Bertz CT molecular complexity index is 454. The van der Waals surface area contributed by atoms with Crippen molar-refractivity contribution in [3.8, 4) is 0 Å². The van der Waals surface area contributed by atoms with Crippen LogP contribution in [0.5, 0.6) is 0 Å². The summed E-state index contributed by atoms with van der Waals surface area (Å²) in [6.07, 6.45) is 5.26. The molecule has 0 heterocycles. The molecule has 1 aromatic rings. The number of benzene rings is 1. The largest absolute Gasteiger partial charge is 0.355 e. The molecule has 0 spiro atoms. The summed E-state index contributed by atoms with van der Waals surface area (Å²) in [5.41, 5.74) is 8.63. The molecule has 0 bridgehead atoms. The fraction of sp³-hybridized carbons (Fsp3) is 0.562. The van der Waals surface area contributed by atoms with Crippen LogP contribution >= 0.6 is 0 Å². The van der Waals surface area contributed by atoms with Crippen LogP contribution in [0, 0.1) is 11.3 Å². The van der Waals surface area contributed by atoms with Crippen molar-refractivity contribution in [3.05, 3.63) is 35.4 Å². The quantitative estimate of drug-likeness (QED) is 0.843. The van der Waals surface area contributed by atoms with E-state index in [1.807, 2.05) is 0 Å². The summed E-state index contributed by atoms with van der Waals surface area (Å²) >= 11 is 0. The van der Waals surface area contributed by atoms with Gasteiger partial charge in [0.25, 0.3) is 0 Å². The van der Waals surface area contributed by atoms with Crippen LogP contribution in [0.15, 0.2) is 24.3 Å². The van der Waals surface area contributed by atoms with Crippen molar-refractivity contribution in [2.45, 2.75) is 32.1 Å².